The Kier molecular flexibility index (Phi) is 3.34. The van der Waals surface area contributed by atoms with Crippen molar-refractivity contribution in [2.45, 2.75) is 13.8 Å². The lowest BCUT2D eigenvalue weighted by molar-refractivity contribution is 0.0702. The van der Waals surface area contributed by atoms with E-state index in [-0.39, 0.29) is 4.88 Å². The van der Waals surface area contributed by atoms with Crippen LogP contribution in [0.1, 0.15) is 20.8 Å². The average Bonchev–Trinajstić information content (AvgIpc) is 2.81. The van der Waals surface area contributed by atoms with E-state index >= 15 is 0 Å². The van der Waals surface area contributed by atoms with Crippen LogP contribution in [0.2, 0.25) is 0 Å². The third-order valence-corrected chi connectivity index (χ3v) is 3.79. The summed E-state index contributed by atoms with van der Waals surface area (Å²) < 4.78 is 5.24. The molecule has 0 aliphatic rings. The number of hydrogen-bond donors (Lipinski definition) is 1. The molecule has 0 aliphatic carbocycles. The molecule has 0 bridgehead atoms. The fourth-order valence-electron chi connectivity index (χ4n) is 1.86. The van der Waals surface area contributed by atoms with E-state index in [4.69, 9.17) is 9.84 Å². The Bertz CT molecular complexity index is 604. The van der Waals surface area contributed by atoms with Crippen LogP contribution in [0.4, 0.5) is 0 Å². The van der Waals surface area contributed by atoms with E-state index in [0.29, 0.717) is 5.69 Å². The van der Waals surface area contributed by atoms with Gasteiger partial charge < -0.3 is 9.84 Å². The van der Waals surface area contributed by atoms with E-state index in [9.17, 15) is 4.79 Å². The van der Waals surface area contributed by atoms with Gasteiger partial charge in [-0.25, -0.2) is 9.78 Å². The van der Waals surface area contributed by atoms with Crippen molar-refractivity contribution < 1.29 is 14.6 Å². The van der Waals surface area contributed by atoms with Gasteiger partial charge in [-0.3, -0.25) is 0 Å². The zero-order valence-electron chi connectivity index (χ0n) is 10.4. The number of carboxylic acids is 1. The molecule has 0 atom stereocenters. The minimum atomic E-state index is -0.944. The van der Waals surface area contributed by atoms with Crippen molar-refractivity contribution in [3.05, 3.63) is 33.6 Å². The number of hydrogen-bond acceptors (Lipinski definition) is 4. The van der Waals surface area contributed by atoms with Crippen LogP contribution in [0.5, 0.6) is 5.75 Å². The minimum absolute atomic E-state index is 0.266. The molecule has 1 N–H and O–H groups in total. The van der Waals surface area contributed by atoms with Gasteiger partial charge in [-0.1, -0.05) is 0 Å². The van der Waals surface area contributed by atoms with E-state index in [0.717, 1.165) is 33.8 Å². The lowest BCUT2D eigenvalue weighted by Gasteiger charge is -2.11. The molecular formula is C13H13NO3S. The second-order valence-corrected chi connectivity index (χ2v) is 4.76. The summed E-state index contributed by atoms with van der Waals surface area (Å²) in [4.78, 5) is 15.5. The molecule has 0 saturated carbocycles. The van der Waals surface area contributed by atoms with Crippen LogP contribution in [0.25, 0.3) is 11.3 Å². The Morgan fingerprint density at radius 2 is 2.06 bits per heavy atom. The molecule has 0 unspecified atom stereocenters. The summed E-state index contributed by atoms with van der Waals surface area (Å²) in [5, 5.41) is 9.12. The van der Waals surface area contributed by atoms with Gasteiger partial charge in [0.15, 0.2) is 0 Å². The highest BCUT2D eigenvalue weighted by Crippen LogP contribution is 2.33. The van der Waals surface area contributed by atoms with Crippen LogP contribution >= 0.6 is 11.3 Å². The highest BCUT2D eigenvalue weighted by Gasteiger charge is 2.18. The molecule has 1 aromatic carbocycles. The number of aromatic nitrogens is 1. The van der Waals surface area contributed by atoms with Crippen LogP contribution < -0.4 is 4.74 Å². The van der Waals surface area contributed by atoms with Crippen molar-refractivity contribution >= 4 is 17.3 Å². The normalized spacial score (nSPS) is 10.4. The van der Waals surface area contributed by atoms with Crippen molar-refractivity contribution in [1.82, 2.24) is 4.98 Å². The molecule has 4 nitrogen and oxygen atoms in total. The summed E-state index contributed by atoms with van der Waals surface area (Å²) in [5.41, 5.74) is 4.91. The van der Waals surface area contributed by atoms with Crippen LogP contribution in [0, 0.1) is 13.8 Å². The first-order valence-electron chi connectivity index (χ1n) is 5.37. The predicted molar refractivity (Wildman–Crippen MR) is 70.5 cm³/mol. The van der Waals surface area contributed by atoms with Gasteiger partial charge in [0.1, 0.15) is 10.6 Å². The SMILES string of the molecule is COc1ccc(-c2ncsc2C(=O)O)c(C)c1C. The molecule has 0 aliphatic heterocycles. The number of nitrogens with zero attached hydrogens (tertiary/aromatic N) is 1. The Balaban J connectivity index is 2.62. The van der Waals surface area contributed by atoms with Crippen molar-refractivity contribution in [3.63, 3.8) is 0 Å². The molecule has 0 spiro atoms. The highest BCUT2D eigenvalue weighted by molar-refractivity contribution is 7.12. The summed E-state index contributed by atoms with van der Waals surface area (Å²) in [7, 11) is 1.62. The van der Waals surface area contributed by atoms with Crippen LogP contribution in [0.15, 0.2) is 17.6 Å². The molecule has 94 valence electrons. The molecule has 2 rings (SSSR count). The van der Waals surface area contributed by atoms with Gasteiger partial charge in [0.05, 0.1) is 18.3 Å². The third kappa shape index (κ3) is 1.97. The van der Waals surface area contributed by atoms with Crippen molar-refractivity contribution in [2.24, 2.45) is 0 Å². The van der Waals surface area contributed by atoms with E-state index in [1.54, 1.807) is 12.6 Å². The lowest BCUT2D eigenvalue weighted by Crippen LogP contribution is -1.98. The molecule has 0 fully saturated rings. The number of aromatic carboxylic acids is 1. The Labute approximate surface area is 109 Å². The number of rotatable bonds is 3. The number of benzene rings is 1. The Morgan fingerprint density at radius 3 is 2.67 bits per heavy atom. The standard InChI is InChI=1S/C13H13NO3S/c1-7-8(2)10(17-3)5-4-9(7)11-12(13(15)16)18-6-14-11/h4-6H,1-3H3,(H,15,16). The Morgan fingerprint density at radius 1 is 1.33 bits per heavy atom. The van der Waals surface area contributed by atoms with Gasteiger partial charge in [-0.2, -0.15) is 0 Å². The first kappa shape index (κ1) is 12.6. The van der Waals surface area contributed by atoms with Gasteiger partial charge in [0.25, 0.3) is 0 Å². The van der Waals surface area contributed by atoms with E-state index < -0.39 is 5.97 Å². The van der Waals surface area contributed by atoms with Crippen LogP contribution in [0.3, 0.4) is 0 Å². The predicted octanol–water partition coefficient (Wildman–Crippen LogP) is 3.13. The number of carbonyl (C=O) groups is 1. The highest BCUT2D eigenvalue weighted by atomic mass is 32.1. The molecule has 18 heavy (non-hydrogen) atoms. The van der Waals surface area contributed by atoms with Crippen LogP contribution in [-0.4, -0.2) is 23.2 Å². The molecule has 5 heteroatoms. The fraction of sp³-hybridized carbons (Fsp3) is 0.231. The average molecular weight is 263 g/mol. The number of thiazole rings is 1. The summed E-state index contributed by atoms with van der Waals surface area (Å²) >= 11 is 1.14. The largest absolute Gasteiger partial charge is 0.496 e. The fourth-order valence-corrected chi connectivity index (χ4v) is 2.50. The Hall–Kier alpha value is -1.88. The molecule has 1 aromatic heterocycles. The molecular weight excluding hydrogens is 250 g/mol. The second-order valence-electron chi connectivity index (χ2n) is 3.90. The first-order valence-corrected chi connectivity index (χ1v) is 6.25. The van der Waals surface area contributed by atoms with Gasteiger partial charge in [0, 0.05) is 5.56 Å². The zero-order chi connectivity index (χ0) is 13.3. The molecule has 1 heterocycles. The monoisotopic (exact) mass is 263 g/mol. The van der Waals surface area contributed by atoms with Crippen molar-refractivity contribution in [3.8, 4) is 17.0 Å². The lowest BCUT2D eigenvalue weighted by atomic mass is 9.99. The van der Waals surface area contributed by atoms with Crippen LogP contribution in [-0.2, 0) is 0 Å². The van der Waals surface area contributed by atoms with Gasteiger partial charge in [-0.05, 0) is 37.1 Å². The van der Waals surface area contributed by atoms with Gasteiger partial charge >= 0.3 is 5.97 Å². The number of carboxylic acid groups (broad SMARTS) is 1. The summed E-state index contributed by atoms with van der Waals surface area (Å²) in [6, 6.07) is 3.69. The van der Waals surface area contributed by atoms with E-state index in [1.807, 2.05) is 26.0 Å². The van der Waals surface area contributed by atoms with Gasteiger partial charge in [-0.15, -0.1) is 11.3 Å². The van der Waals surface area contributed by atoms with Crippen molar-refractivity contribution in [2.75, 3.05) is 7.11 Å². The van der Waals surface area contributed by atoms with Gasteiger partial charge in [0.2, 0.25) is 0 Å². The minimum Gasteiger partial charge on any atom is -0.496 e. The van der Waals surface area contributed by atoms with E-state index in [1.165, 1.54) is 0 Å². The smallest absolute Gasteiger partial charge is 0.348 e. The summed E-state index contributed by atoms with van der Waals surface area (Å²) in [6.45, 7) is 3.89. The summed E-state index contributed by atoms with van der Waals surface area (Å²) in [5.74, 6) is -0.149. The molecule has 2 aromatic rings. The number of methoxy groups -OCH3 is 1. The second kappa shape index (κ2) is 4.78. The molecule has 0 amide bonds. The topological polar surface area (TPSA) is 59.4 Å². The number of ether oxygens (including phenoxy) is 1. The summed E-state index contributed by atoms with van der Waals surface area (Å²) in [6.07, 6.45) is 0. The third-order valence-electron chi connectivity index (χ3n) is 2.97. The maximum Gasteiger partial charge on any atom is 0.348 e. The maximum atomic E-state index is 11.1. The van der Waals surface area contributed by atoms with E-state index in [2.05, 4.69) is 4.98 Å². The first-order chi connectivity index (χ1) is 8.56. The quantitative estimate of drug-likeness (QED) is 0.924. The molecule has 0 radical (unpaired) electrons. The maximum absolute atomic E-state index is 11.1. The zero-order valence-corrected chi connectivity index (χ0v) is 11.2. The van der Waals surface area contributed by atoms with Crippen molar-refractivity contribution in [1.29, 1.82) is 0 Å². The molecule has 0 saturated heterocycles.